The fraction of sp³-hybridized carbons (Fsp3) is 0.348. The molecule has 30 heavy (non-hydrogen) atoms. The maximum absolute atomic E-state index is 5.53. The molecule has 0 saturated carbocycles. The third kappa shape index (κ3) is 4.68. The van der Waals surface area contributed by atoms with Crippen molar-refractivity contribution >= 4 is 16.9 Å². The van der Waals surface area contributed by atoms with E-state index in [0.29, 0.717) is 5.71 Å². The number of rotatable bonds is 10. The zero-order chi connectivity index (χ0) is 20.8. The number of hydrogen-bond acceptors (Lipinski definition) is 7. The van der Waals surface area contributed by atoms with E-state index >= 15 is 0 Å². The summed E-state index contributed by atoms with van der Waals surface area (Å²) in [6.07, 6.45) is 5.55. The lowest BCUT2D eigenvalue weighted by molar-refractivity contribution is 0.248. The summed E-state index contributed by atoms with van der Waals surface area (Å²) in [4.78, 5) is 11.1. The standard InChI is InChI=1S/C23H27N5O2/c1-3-4-12-28(15-19-6-5-14-29-19)13-11-24-22-20-21(18-9-7-17(2)8-10-18)27-30-23(20)26-16-25-22/h5-10,14,16H,3-4,11-13,15H2,1-2H3,(H,24,25,26). The predicted octanol–water partition coefficient (Wildman–Crippen LogP) is 4.90. The van der Waals surface area contributed by atoms with Crippen LogP contribution in [0.25, 0.3) is 22.4 Å². The fourth-order valence-electron chi connectivity index (χ4n) is 3.44. The topological polar surface area (TPSA) is 80.2 Å². The number of fused-ring (bicyclic) bond motifs is 1. The van der Waals surface area contributed by atoms with Crippen LogP contribution in [0.15, 0.2) is 57.9 Å². The first-order valence-corrected chi connectivity index (χ1v) is 10.4. The number of nitrogens with one attached hydrogen (secondary N) is 1. The summed E-state index contributed by atoms with van der Waals surface area (Å²) in [5.74, 6) is 1.72. The predicted molar refractivity (Wildman–Crippen MR) is 117 cm³/mol. The summed E-state index contributed by atoms with van der Waals surface area (Å²) >= 11 is 0. The second-order valence-corrected chi connectivity index (χ2v) is 7.44. The average molecular weight is 406 g/mol. The Hall–Kier alpha value is -3.19. The van der Waals surface area contributed by atoms with Crippen molar-refractivity contribution in [2.75, 3.05) is 25.0 Å². The van der Waals surface area contributed by atoms with E-state index in [9.17, 15) is 0 Å². The molecule has 4 aromatic rings. The molecule has 0 amide bonds. The highest BCUT2D eigenvalue weighted by Crippen LogP contribution is 2.31. The molecule has 7 heteroatoms. The van der Waals surface area contributed by atoms with Crippen LogP contribution in [-0.2, 0) is 6.54 Å². The van der Waals surface area contributed by atoms with E-state index in [2.05, 4.69) is 51.3 Å². The Bertz CT molecular complexity index is 1060. The molecule has 0 fully saturated rings. The molecular weight excluding hydrogens is 378 g/mol. The van der Waals surface area contributed by atoms with Gasteiger partial charge in [-0.25, -0.2) is 4.98 Å². The molecule has 3 heterocycles. The summed E-state index contributed by atoms with van der Waals surface area (Å²) in [6, 6.07) is 12.2. The van der Waals surface area contributed by atoms with Crippen molar-refractivity contribution in [3.05, 3.63) is 60.3 Å². The van der Waals surface area contributed by atoms with E-state index in [-0.39, 0.29) is 0 Å². The Morgan fingerprint density at radius 1 is 1.07 bits per heavy atom. The normalized spacial score (nSPS) is 11.4. The molecule has 1 N–H and O–H groups in total. The average Bonchev–Trinajstić information content (AvgIpc) is 3.43. The highest BCUT2D eigenvalue weighted by atomic mass is 16.5. The highest BCUT2D eigenvalue weighted by molar-refractivity contribution is 5.97. The van der Waals surface area contributed by atoms with Crippen molar-refractivity contribution in [2.45, 2.75) is 33.2 Å². The van der Waals surface area contributed by atoms with E-state index in [1.54, 1.807) is 6.26 Å². The van der Waals surface area contributed by atoms with E-state index < -0.39 is 0 Å². The number of aryl methyl sites for hydroxylation is 1. The first-order valence-electron chi connectivity index (χ1n) is 10.4. The van der Waals surface area contributed by atoms with Gasteiger partial charge in [0.05, 0.1) is 12.8 Å². The van der Waals surface area contributed by atoms with Gasteiger partial charge in [-0.1, -0.05) is 48.3 Å². The molecule has 0 aliphatic heterocycles. The summed E-state index contributed by atoms with van der Waals surface area (Å²) in [7, 11) is 0. The highest BCUT2D eigenvalue weighted by Gasteiger charge is 2.17. The van der Waals surface area contributed by atoms with E-state index in [1.165, 1.54) is 11.9 Å². The van der Waals surface area contributed by atoms with E-state index in [0.717, 1.165) is 67.2 Å². The molecule has 3 aromatic heterocycles. The quantitative estimate of drug-likeness (QED) is 0.402. The minimum absolute atomic E-state index is 0.487. The second-order valence-electron chi connectivity index (χ2n) is 7.44. The molecule has 1 aromatic carbocycles. The van der Waals surface area contributed by atoms with Crippen LogP contribution in [0.2, 0.25) is 0 Å². The third-order valence-electron chi connectivity index (χ3n) is 5.11. The van der Waals surface area contributed by atoms with Gasteiger partial charge in [-0.3, -0.25) is 4.90 Å². The van der Waals surface area contributed by atoms with Crippen LogP contribution in [-0.4, -0.2) is 39.7 Å². The molecule has 0 aliphatic rings. The van der Waals surface area contributed by atoms with E-state index in [1.807, 2.05) is 24.3 Å². The zero-order valence-electron chi connectivity index (χ0n) is 17.5. The maximum atomic E-state index is 5.53. The van der Waals surface area contributed by atoms with Gasteiger partial charge in [-0.05, 0) is 32.0 Å². The number of unbranched alkanes of at least 4 members (excludes halogenated alkanes) is 1. The fourth-order valence-corrected chi connectivity index (χ4v) is 3.44. The molecule has 156 valence electrons. The van der Waals surface area contributed by atoms with Crippen LogP contribution in [0.1, 0.15) is 31.1 Å². The van der Waals surface area contributed by atoms with Gasteiger partial charge in [-0.15, -0.1) is 0 Å². The van der Waals surface area contributed by atoms with Crippen molar-refractivity contribution in [3.8, 4) is 11.3 Å². The van der Waals surface area contributed by atoms with Gasteiger partial charge < -0.3 is 14.3 Å². The summed E-state index contributed by atoms with van der Waals surface area (Å²) in [5.41, 5.74) is 3.43. The second kappa shape index (κ2) is 9.54. The molecule has 0 atom stereocenters. The van der Waals surface area contributed by atoms with Gasteiger partial charge in [0.25, 0.3) is 5.71 Å². The Balaban J connectivity index is 1.49. The van der Waals surface area contributed by atoms with Crippen molar-refractivity contribution in [3.63, 3.8) is 0 Å². The van der Waals surface area contributed by atoms with Gasteiger partial charge in [0, 0.05) is 18.7 Å². The van der Waals surface area contributed by atoms with Gasteiger partial charge in [0.1, 0.15) is 29.0 Å². The number of anilines is 1. The molecule has 0 bridgehead atoms. The minimum atomic E-state index is 0.487. The van der Waals surface area contributed by atoms with Gasteiger partial charge in [-0.2, -0.15) is 4.98 Å². The van der Waals surface area contributed by atoms with Gasteiger partial charge in [0.2, 0.25) is 0 Å². The van der Waals surface area contributed by atoms with Crippen LogP contribution in [0, 0.1) is 6.92 Å². The molecular formula is C23H27N5O2. The summed E-state index contributed by atoms with van der Waals surface area (Å²) in [5, 5.41) is 8.52. The molecule has 0 aliphatic carbocycles. The van der Waals surface area contributed by atoms with Crippen LogP contribution in [0.5, 0.6) is 0 Å². The van der Waals surface area contributed by atoms with Crippen LogP contribution < -0.4 is 5.32 Å². The maximum Gasteiger partial charge on any atom is 0.263 e. The molecule has 4 rings (SSSR count). The number of benzene rings is 1. The summed E-state index contributed by atoms with van der Waals surface area (Å²) in [6.45, 7) is 7.72. The number of nitrogens with zero attached hydrogens (tertiary/aromatic N) is 4. The van der Waals surface area contributed by atoms with Gasteiger partial charge >= 0.3 is 0 Å². The molecule has 0 saturated heterocycles. The van der Waals surface area contributed by atoms with Crippen molar-refractivity contribution in [1.82, 2.24) is 20.0 Å². The Morgan fingerprint density at radius 3 is 2.70 bits per heavy atom. The number of hydrogen-bond donors (Lipinski definition) is 1. The first kappa shape index (κ1) is 20.1. The zero-order valence-corrected chi connectivity index (χ0v) is 17.5. The van der Waals surface area contributed by atoms with Crippen LogP contribution in [0.4, 0.5) is 5.82 Å². The van der Waals surface area contributed by atoms with E-state index in [4.69, 9.17) is 8.94 Å². The number of aromatic nitrogens is 3. The van der Waals surface area contributed by atoms with Crippen LogP contribution in [0.3, 0.4) is 0 Å². The molecule has 0 spiro atoms. The van der Waals surface area contributed by atoms with Crippen LogP contribution >= 0.6 is 0 Å². The minimum Gasteiger partial charge on any atom is -0.468 e. The van der Waals surface area contributed by atoms with Crippen molar-refractivity contribution in [1.29, 1.82) is 0 Å². The van der Waals surface area contributed by atoms with Crippen molar-refractivity contribution in [2.24, 2.45) is 0 Å². The SMILES string of the molecule is CCCCN(CCNc1ncnc2onc(-c3ccc(C)cc3)c12)Cc1ccco1. The lowest BCUT2D eigenvalue weighted by atomic mass is 10.1. The lowest BCUT2D eigenvalue weighted by Gasteiger charge is -2.21. The third-order valence-corrected chi connectivity index (χ3v) is 5.11. The van der Waals surface area contributed by atoms with Gasteiger partial charge in [0.15, 0.2) is 0 Å². The first-order chi connectivity index (χ1) is 14.7. The van der Waals surface area contributed by atoms with Crippen molar-refractivity contribution < 1.29 is 8.94 Å². The summed E-state index contributed by atoms with van der Waals surface area (Å²) < 4.78 is 11.0. The smallest absolute Gasteiger partial charge is 0.263 e. The lowest BCUT2D eigenvalue weighted by Crippen LogP contribution is -2.29. The molecule has 0 unspecified atom stereocenters. The molecule has 7 nitrogen and oxygen atoms in total. The largest absolute Gasteiger partial charge is 0.468 e. The number of furan rings is 1. The Morgan fingerprint density at radius 2 is 1.93 bits per heavy atom. The Kier molecular flexibility index (Phi) is 6.39. The molecule has 0 radical (unpaired) electrons. The Labute approximate surface area is 176 Å². The monoisotopic (exact) mass is 405 g/mol.